The van der Waals surface area contributed by atoms with Crippen LogP contribution < -0.4 is 15.2 Å². The van der Waals surface area contributed by atoms with Crippen LogP contribution in [0.3, 0.4) is 0 Å². The summed E-state index contributed by atoms with van der Waals surface area (Å²) in [4.78, 5) is 28.8. The lowest BCUT2D eigenvalue weighted by molar-refractivity contribution is 0.0616. The molecular formula is C29H35N3O3. The van der Waals surface area contributed by atoms with Crippen LogP contribution in [0.4, 0.5) is 0 Å². The van der Waals surface area contributed by atoms with Crippen LogP contribution in [0.2, 0.25) is 0 Å². The van der Waals surface area contributed by atoms with Gasteiger partial charge in [0.25, 0.3) is 5.91 Å². The van der Waals surface area contributed by atoms with E-state index in [0.29, 0.717) is 25.4 Å². The minimum absolute atomic E-state index is 0.0465. The van der Waals surface area contributed by atoms with Crippen LogP contribution in [-0.4, -0.2) is 34.8 Å². The average Bonchev–Trinajstić information content (AvgIpc) is 2.87. The highest BCUT2D eigenvalue weighted by Crippen LogP contribution is 2.34. The van der Waals surface area contributed by atoms with Crippen molar-refractivity contribution in [2.24, 2.45) is 0 Å². The van der Waals surface area contributed by atoms with Crippen LogP contribution in [0.15, 0.2) is 71.5 Å². The molecule has 2 heterocycles. The Morgan fingerprint density at radius 1 is 0.914 bits per heavy atom. The van der Waals surface area contributed by atoms with E-state index in [9.17, 15) is 9.59 Å². The van der Waals surface area contributed by atoms with Gasteiger partial charge in [-0.05, 0) is 37.8 Å². The maximum absolute atomic E-state index is 13.8. The summed E-state index contributed by atoms with van der Waals surface area (Å²) in [6.45, 7) is 8.89. The molecule has 0 bridgehead atoms. The highest BCUT2D eigenvalue weighted by atomic mass is 16.5. The van der Waals surface area contributed by atoms with Crippen LogP contribution in [0.25, 0.3) is 0 Å². The van der Waals surface area contributed by atoms with Gasteiger partial charge in [-0.1, -0.05) is 80.9 Å². The fraction of sp³-hybridized carbons (Fsp3) is 0.379. The van der Waals surface area contributed by atoms with Crippen molar-refractivity contribution in [2.45, 2.75) is 59.0 Å². The number of hydrogen-bond donors (Lipinski definition) is 0. The highest BCUT2D eigenvalue weighted by molar-refractivity contribution is 5.96. The molecule has 0 radical (unpaired) electrons. The molecule has 6 nitrogen and oxygen atoms in total. The Morgan fingerprint density at radius 2 is 1.51 bits per heavy atom. The molecule has 0 N–H and O–H groups in total. The molecule has 0 saturated heterocycles. The third-order valence-electron chi connectivity index (χ3n) is 6.50. The van der Waals surface area contributed by atoms with E-state index >= 15 is 0 Å². The van der Waals surface area contributed by atoms with Crippen molar-refractivity contribution in [3.63, 3.8) is 0 Å². The van der Waals surface area contributed by atoms with Gasteiger partial charge in [-0.3, -0.25) is 19.3 Å². The molecule has 0 spiro atoms. The van der Waals surface area contributed by atoms with E-state index in [0.717, 1.165) is 29.7 Å². The number of pyridine rings is 1. The zero-order chi connectivity index (χ0) is 24.9. The van der Waals surface area contributed by atoms with Gasteiger partial charge in [-0.25, -0.2) is 0 Å². The molecule has 0 atom stereocenters. The highest BCUT2D eigenvalue weighted by Gasteiger charge is 2.39. The van der Waals surface area contributed by atoms with Gasteiger partial charge in [0.15, 0.2) is 11.4 Å². The zero-order valence-electron chi connectivity index (χ0n) is 21.1. The first kappa shape index (κ1) is 24.6. The molecule has 1 aliphatic heterocycles. The first-order valence-electron chi connectivity index (χ1n) is 12.6. The first-order chi connectivity index (χ1) is 17.0. The second-order valence-electron chi connectivity index (χ2n) is 9.22. The molecule has 35 heavy (non-hydrogen) atoms. The van der Waals surface area contributed by atoms with Gasteiger partial charge in [-0.2, -0.15) is 0 Å². The number of carbonyl (C=O) groups is 1. The van der Waals surface area contributed by atoms with E-state index in [2.05, 4.69) is 36.2 Å². The van der Waals surface area contributed by atoms with Crippen molar-refractivity contribution in [1.82, 2.24) is 9.58 Å². The van der Waals surface area contributed by atoms with Crippen LogP contribution in [0.1, 0.15) is 73.9 Å². The van der Waals surface area contributed by atoms with Crippen molar-refractivity contribution >= 4 is 5.91 Å². The number of amides is 1. The normalized spacial score (nSPS) is 13.5. The lowest BCUT2D eigenvalue weighted by atomic mass is 9.97. The molecule has 0 saturated carbocycles. The molecule has 1 aliphatic rings. The maximum atomic E-state index is 13.8. The molecule has 1 amide bonds. The second-order valence-corrected chi connectivity index (χ2v) is 9.22. The summed E-state index contributed by atoms with van der Waals surface area (Å²) in [5.41, 5.74) is 3.09. The number of fused-ring (bicyclic) bond motifs is 1. The van der Waals surface area contributed by atoms with Gasteiger partial charge in [0.05, 0.1) is 12.6 Å². The average molecular weight is 474 g/mol. The lowest BCUT2D eigenvalue weighted by Gasteiger charge is -2.46. The van der Waals surface area contributed by atoms with Gasteiger partial charge < -0.3 is 9.64 Å². The number of hydrogen-bond acceptors (Lipinski definition) is 4. The number of nitrogens with zero attached hydrogens (tertiary/aromatic N) is 3. The van der Waals surface area contributed by atoms with Gasteiger partial charge in [0.1, 0.15) is 6.67 Å². The molecular weight excluding hydrogens is 438 g/mol. The lowest BCUT2D eigenvalue weighted by Crippen LogP contribution is -2.58. The number of ether oxygens (including phenoxy) is 1. The summed E-state index contributed by atoms with van der Waals surface area (Å²) < 4.78 is 7.96. The van der Waals surface area contributed by atoms with E-state index in [1.54, 1.807) is 6.07 Å². The van der Waals surface area contributed by atoms with Gasteiger partial charge >= 0.3 is 0 Å². The SMILES string of the molecule is CCCCOc1c2n(c(CC)cc1=O)N(C(c1ccccc1)c1ccccc1)CN(C(C)C)C2=O. The Bertz CT molecular complexity index is 1170. The Labute approximate surface area is 207 Å². The third kappa shape index (κ3) is 4.83. The molecule has 0 aliphatic carbocycles. The molecule has 1 aromatic heterocycles. The molecule has 184 valence electrons. The number of carbonyl (C=O) groups excluding carboxylic acids is 1. The fourth-order valence-corrected chi connectivity index (χ4v) is 4.65. The smallest absolute Gasteiger partial charge is 0.278 e. The van der Waals surface area contributed by atoms with Crippen molar-refractivity contribution in [2.75, 3.05) is 18.3 Å². The third-order valence-corrected chi connectivity index (χ3v) is 6.50. The number of rotatable bonds is 9. The number of benzene rings is 2. The molecule has 0 fully saturated rings. The number of aryl methyl sites for hydroxylation is 1. The monoisotopic (exact) mass is 473 g/mol. The Balaban J connectivity index is 1.99. The summed E-state index contributed by atoms with van der Waals surface area (Å²) in [5, 5.41) is 2.20. The molecule has 2 aromatic carbocycles. The van der Waals surface area contributed by atoms with Crippen molar-refractivity contribution < 1.29 is 9.53 Å². The fourth-order valence-electron chi connectivity index (χ4n) is 4.65. The maximum Gasteiger partial charge on any atom is 0.278 e. The van der Waals surface area contributed by atoms with E-state index < -0.39 is 0 Å². The Morgan fingerprint density at radius 3 is 2.03 bits per heavy atom. The van der Waals surface area contributed by atoms with Crippen molar-refractivity contribution in [1.29, 1.82) is 0 Å². The molecule has 4 rings (SSSR count). The quantitative estimate of drug-likeness (QED) is 0.404. The summed E-state index contributed by atoms with van der Waals surface area (Å²) in [5.74, 6) is -0.0223. The Kier molecular flexibility index (Phi) is 7.59. The van der Waals surface area contributed by atoms with E-state index in [1.807, 2.05) is 66.7 Å². The molecule has 0 unspecified atom stereocenters. The van der Waals surface area contributed by atoms with Crippen molar-refractivity contribution in [3.05, 3.63) is 99.5 Å². The van der Waals surface area contributed by atoms with E-state index in [1.165, 1.54) is 0 Å². The largest absolute Gasteiger partial charge is 0.487 e. The Hall–Kier alpha value is -3.54. The number of aromatic nitrogens is 1. The van der Waals surface area contributed by atoms with Gasteiger partial charge in [0, 0.05) is 17.8 Å². The van der Waals surface area contributed by atoms with Gasteiger partial charge in [-0.15, -0.1) is 0 Å². The minimum atomic E-state index is -0.237. The second kappa shape index (κ2) is 10.8. The summed E-state index contributed by atoms with van der Waals surface area (Å²) in [6, 6.07) is 22.0. The molecule has 3 aromatic rings. The summed E-state index contributed by atoms with van der Waals surface area (Å²) in [7, 11) is 0. The summed E-state index contributed by atoms with van der Waals surface area (Å²) >= 11 is 0. The minimum Gasteiger partial charge on any atom is -0.487 e. The standard InChI is InChI=1S/C29H35N3O3/c1-5-7-18-35-28-25(33)19-24(6-2)32-27(28)29(34)30(21(3)4)20-31(32)26(22-14-10-8-11-15-22)23-16-12-9-13-17-23/h8-17,19,21,26H,5-7,18,20H2,1-4H3. The predicted octanol–water partition coefficient (Wildman–Crippen LogP) is 5.14. The number of unbranched alkanes of at least 4 members (excludes halogenated alkanes) is 1. The first-order valence-corrected chi connectivity index (χ1v) is 12.6. The topological polar surface area (TPSA) is 54.8 Å². The van der Waals surface area contributed by atoms with Crippen LogP contribution in [-0.2, 0) is 6.42 Å². The van der Waals surface area contributed by atoms with E-state index in [-0.39, 0.29) is 29.2 Å². The molecule has 6 heteroatoms. The zero-order valence-corrected chi connectivity index (χ0v) is 21.1. The summed E-state index contributed by atoms with van der Waals surface area (Å²) in [6.07, 6.45) is 2.37. The van der Waals surface area contributed by atoms with Gasteiger partial charge in [0.2, 0.25) is 5.43 Å². The van der Waals surface area contributed by atoms with Crippen LogP contribution in [0.5, 0.6) is 5.75 Å². The predicted molar refractivity (Wildman–Crippen MR) is 140 cm³/mol. The van der Waals surface area contributed by atoms with Crippen LogP contribution >= 0.6 is 0 Å². The van der Waals surface area contributed by atoms with Crippen molar-refractivity contribution in [3.8, 4) is 5.75 Å². The van der Waals surface area contributed by atoms with Crippen LogP contribution in [0, 0.1) is 0 Å². The van der Waals surface area contributed by atoms with E-state index in [4.69, 9.17) is 4.74 Å².